The molecule has 0 amide bonds. The lowest BCUT2D eigenvalue weighted by Gasteiger charge is -2.41. The van der Waals surface area contributed by atoms with Crippen molar-refractivity contribution in [1.29, 1.82) is 0 Å². The van der Waals surface area contributed by atoms with Crippen LogP contribution in [0.5, 0.6) is 0 Å². The number of hydrogen-bond donors (Lipinski definition) is 2. The van der Waals surface area contributed by atoms with Crippen LogP contribution in [0.15, 0.2) is 0 Å². The SMILES string of the molecule is CCC1([C@H](C)C[C@@](C)(O)[C@H](O)[C@@H](C)CO[Si](C)(C)C(C)(C)C)SCCS1. The first kappa shape index (κ1) is 24.8. The molecule has 156 valence electrons. The van der Waals surface area contributed by atoms with Gasteiger partial charge in [-0.15, -0.1) is 23.5 Å². The van der Waals surface area contributed by atoms with E-state index in [0.717, 1.165) is 6.42 Å². The summed E-state index contributed by atoms with van der Waals surface area (Å²) >= 11 is 4.05. The lowest BCUT2D eigenvalue weighted by atomic mass is 9.81. The number of aliphatic hydroxyl groups excluding tert-OH is 1. The summed E-state index contributed by atoms with van der Waals surface area (Å²) < 4.78 is 6.46. The van der Waals surface area contributed by atoms with Crippen LogP contribution < -0.4 is 0 Å². The van der Waals surface area contributed by atoms with E-state index in [1.807, 2.05) is 30.4 Å². The molecule has 0 aromatic carbocycles. The summed E-state index contributed by atoms with van der Waals surface area (Å²) in [7, 11) is -1.84. The van der Waals surface area contributed by atoms with Crippen molar-refractivity contribution >= 4 is 31.8 Å². The number of thioether (sulfide) groups is 2. The Kier molecular flexibility index (Phi) is 8.67. The molecular weight excluding hydrogens is 380 g/mol. The Morgan fingerprint density at radius 2 is 1.62 bits per heavy atom. The summed E-state index contributed by atoms with van der Waals surface area (Å²) in [6.07, 6.45) is 0.937. The third-order valence-electron chi connectivity index (χ3n) is 6.43. The summed E-state index contributed by atoms with van der Waals surface area (Å²) in [6.45, 7) is 19.9. The largest absolute Gasteiger partial charge is 0.416 e. The van der Waals surface area contributed by atoms with E-state index < -0.39 is 20.0 Å². The van der Waals surface area contributed by atoms with Gasteiger partial charge >= 0.3 is 0 Å². The molecule has 2 N–H and O–H groups in total. The predicted molar refractivity (Wildman–Crippen MR) is 121 cm³/mol. The monoisotopic (exact) mass is 422 g/mol. The van der Waals surface area contributed by atoms with E-state index >= 15 is 0 Å². The Labute approximate surface area is 171 Å². The van der Waals surface area contributed by atoms with Crippen molar-refractivity contribution in [2.75, 3.05) is 18.1 Å². The zero-order valence-electron chi connectivity index (χ0n) is 18.4. The van der Waals surface area contributed by atoms with Crippen LogP contribution in [0.2, 0.25) is 18.1 Å². The van der Waals surface area contributed by atoms with E-state index in [1.54, 1.807) is 6.92 Å². The van der Waals surface area contributed by atoms with Gasteiger partial charge in [-0.25, -0.2) is 0 Å². The smallest absolute Gasteiger partial charge is 0.191 e. The summed E-state index contributed by atoms with van der Waals surface area (Å²) in [5, 5.41) is 22.1. The van der Waals surface area contributed by atoms with Crippen molar-refractivity contribution < 1.29 is 14.6 Å². The van der Waals surface area contributed by atoms with Crippen molar-refractivity contribution in [2.24, 2.45) is 11.8 Å². The van der Waals surface area contributed by atoms with Gasteiger partial charge < -0.3 is 14.6 Å². The standard InChI is InChI=1S/C20H42O3S2Si/c1-10-20(24-11-12-25-20)16(3)13-19(7,22)17(21)15(2)14-23-26(8,9)18(4,5)6/h15-17,21-22H,10-14H2,1-9H3/t15-,16+,17+,19+/m0/s1. The number of hydrogen-bond acceptors (Lipinski definition) is 5. The highest BCUT2D eigenvalue weighted by atomic mass is 32.2. The molecule has 26 heavy (non-hydrogen) atoms. The summed E-state index contributed by atoms with van der Waals surface area (Å²) in [6, 6.07) is 0. The summed E-state index contributed by atoms with van der Waals surface area (Å²) in [4.78, 5) is 0. The quantitative estimate of drug-likeness (QED) is 0.489. The molecule has 0 unspecified atom stereocenters. The van der Waals surface area contributed by atoms with E-state index in [-0.39, 0.29) is 15.0 Å². The average Bonchev–Trinajstić information content (AvgIpc) is 3.00. The van der Waals surface area contributed by atoms with E-state index in [0.29, 0.717) is 18.9 Å². The Morgan fingerprint density at radius 3 is 2.04 bits per heavy atom. The maximum Gasteiger partial charge on any atom is 0.191 e. The highest BCUT2D eigenvalue weighted by molar-refractivity contribution is 8.21. The van der Waals surface area contributed by atoms with Crippen LogP contribution in [0.25, 0.3) is 0 Å². The first-order valence-electron chi connectivity index (χ1n) is 10.0. The summed E-state index contributed by atoms with van der Waals surface area (Å²) in [5.74, 6) is 2.63. The molecule has 3 nitrogen and oxygen atoms in total. The second-order valence-electron chi connectivity index (χ2n) is 9.82. The lowest BCUT2D eigenvalue weighted by Crippen LogP contribution is -2.49. The molecule has 0 aromatic heterocycles. The zero-order chi connectivity index (χ0) is 20.4. The van der Waals surface area contributed by atoms with Crippen LogP contribution in [0.1, 0.15) is 61.3 Å². The molecule has 6 heteroatoms. The molecule has 0 saturated carbocycles. The van der Waals surface area contributed by atoms with E-state index in [2.05, 4.69) is 47.7 Å². The van der Waals surface area contributed by atoms with Gasteiger partial charge in [0.15, 0.2) is 8.32 Å². The maximum atomic E-state index is 11.1. The third-order valence-corrected chi connectivity index (χ3v) is 15.1. The molecule has 4 atom stereocenters. The van der Waals surface area contributed by atoms with Crippen LogP contribution in [0, 0.1) is 11.8 Å². The van der Waals surface area contributed by atoms with Crippen molar-refractivity contribution in [1.82, 2.24) is 0 Å². The predicted octanol–water partition coefficient (Wildman–Crippen LogP) is 5.37. The van der Waals surface area contributed by atoms with Gasteiger partial charge in [-0.05, 0) is 43.8 Å². The van der Waals surface area contributed by atoms with E-state index in [1.165, 1.54) is 11.5 Å². The molecule has 1 fully saturated rings. The Hall–Kier alpha value is 0.797. The fourth-order valence-electron chi connectivity index (χ4n) is 3.46. The van der Waals surface area contributed by atoms with Crippen LogP contribution in [-0.4, -0.2) is 52.4 Å². The topological polar surface area (TPSA) is 49.7 Å². The normalized spacial score (nSPS) is 24.1. The lowest BCUT2D eigenvalue weighted by molar-refractivity contribution is -0.104. The molecule has 1 aliphatic heterocycles. The molecular formula is C20H42O3S2Si. The Morgan fingerprint density at radius 1 is 1.12 bits per heavy atom. The second kappa shape index (κ2) is 9.08. The number of aliphatic hydroxyl groups is 2. The fourth-order valence-corrected chi connectivity index (χ4v) is 7.91. The van der Waals surface area contributed by atoms with Gasteiger partial charge in [0.1, 0.15) is 0 Å². The molecule has 0 spiro atoms. The van der Waals surface area contributed by atoms with Gasteiger partial charge in [0.25, 0.3) is 0 Å². The minimum atomic E-state index is -1.84. The Balaban J connectivity index is 2.69. The minimum absolute atomic E-state index is 0.0900. The van der Waals surface area contributed by atoms with Gasteiger partial charge in [-0.2, -0.15) is 0 Å². The van der Waals surface area contributed by atoms with Crippen LogP contribution in [0.4, 0.5) is 0 Å². The Bertz CT molecular complexity index is 443. The van der Waals surface area contributed by atoms with Gasteiger partial charge in [0.2, 0.25) is 0 Å². The minimum Gasteiger partial charge on any atom is -0.416 e. The van der Waals surface area contributed by atoms with E-state index in [9.17, 15) is 10.2 Å². The highest BCUT2D eigenvalue weighted by Gasteiger charge is 2.45. The van der Waals surface area contributed by atoms with Crippen molar-refractivity contribution in [3.8, 4) is 0 Å². The van der Waals surface area contributed by atoms with Crippen LogP contribution >= 0.6 is 23.5 Å². The molecule has 1 rings (SSSR count). The van der Waals surface area contributed by atoms with Crippen molar-refractivity contribution in [3.05, 3.63) is 0 Å². The van der Waals surface area contributed by atoms with E-state index in [4.69, 9.17) is 4.43 Å². The maximum absolute atomic E-state index is 11.1. The molecule has 0 radical (unpaired) electrons. The zero-order valence-corrected chi connectivity index (χ0v) is 21.0. The van der Waals surface area contributed by atoms with Gasteiger partial charge in [-0.3, -0.25) is 0 Å². The molecule has 1 aliphatic rings. The van der Waals surface area contributed by atoms with Crippen LogP contribution in [0.3, 0.4) is 0 Å². The molecule has 1 heterocycles. The molecule has 0 aromatic rings. The van der Waals surface area contributed by atoms with Gasteiger partial charge in [0, 0.05) is 24.0 Å². The van der Waals surface area contributed by atoms with Crippen molar-refractivity contribution in [3.63, 3.8) is 0 Å². The second-order valence-corrected chi connectivity index (χ2v) is 17.7. The van der Waals surface area contributed by atoms with Crippen LogP contribution in [-0.2, 0) is 4.43 Å². The van der Waals surface area contributed by atoms with Gasteiger partial charge in [-0.1, -0.05) is 41.5 Å². The number of rotatable bonds is 9. The average molecular weight is 423 g/mol. The molecule has 0 aliphatic carbocycles. The van der Waals surface area contributed by atoms with Crippen molar-refractivity contribution in [2.45, 2.75) is 95.2 Å². The molecule has 0 bridgehead atoms. The first-order chi connectivity index (χ1) is 11.7. The molecule has 1 saturated heterocycles. The third kappa shape index (κ3) is 5.90. The highest BCUT2D eigenvalue weighted by Crippen LogP contribution is 2.53. The fraction of sp³-hybridized carbons (Fsp3) is 1.00. The summed E-state index contributed by atoms with van der Waals surface area (Å²) in [5.41, 5.74) is -1.10. The first-order valence-corrected chi connectivity index (χ1v) is 14.9. The van der Waals surface area contributed by atoms with Gasteiger partial charge in [0.05, 0.1) is 15.8 Å².